The van der Waals surface area contributed by atoms with E-state index >= 15 is 0 Å². The Hall–Kier alpha value is -3.34. The zero-order chi connectivity index (χ0) is 24.5. The number of pyridine rings is 1. The molecular formula is C23H20F3NO6S. The van der Waals surface area contributed by atoms with Crippen molar-refractivity contribution >= 4 is 27.0 Å². The number of benzene rings is 2. The molecule has 1 heterocycles. The fourth-order valence-electron chi connectivity index (χ4n) is 3.80. The second-order valence-electron chi connectivity index (χ2n) is 7.75. The van der Waals surface area contributed by atoms with Gasteiger partial charge in [0.25, 0.3) is 0 Å². The van der Waals surface area contributed by atoms with E-state index in [2.05, 4.69) is 9.17 Å². The summed E-state index contributed by atoms with van der Waals surface area (Å²) in [6.07, 6.45) is 2.20. The van der Waals surface area contributed by atoms with Crippen molar-refractivity contribution in [3.63, 3.8) is 0 Å². The third-order valence-corrected chi connectivity index (χ3v) is 6.24. The average molecular weight is 495 g/mol. The molecule has 180 valence electrons. The van der Waals surface area contributed by atoms with Gasteiger partial charge in [-0.15, -0.1) is 0 Å². The van der Waals surface area contributed by atoms with E-state index in [1.165, 1.54) is 13.0 Å². The molecule has 0 radical (unpaired) electrons. The van der Waals surface area contributed by atoms with Gasteiger partial charge in [-0.1, -0.05) is 30.3 Å². The molecule has 0 spiro atoms. The molecule has 0 saturated heterocycles. The van der Waals surface area contributed by atoms with Crippen LogP contribution < -0.4 is 13.7 Å². The molecule has 2 aromatic carbocycles. The standard InChI is InChI=1S/C23H20F3NO6S/c1-14(28)32-21-12-19-18(11-20(21)31-13-15-7-3-2-4-8-15)16-9-5-6-10-17(16)22(27-19)33-34(29,30)23(24,25)26/h2-4,7-8,11-12H,5-6,9-10,13H2,1H3. The zero-order valence-corrected chi connectivity index (χ0v) is 18.8. The zero-order valence-electron chi connectivity index (χ0n) is 18.0. The van der Waals surface area contributed by atoms with Crippen LogP contribution in [-0.4, -0.2) is 24.9 Å². The van der Waals surface area contributed by atoms with Crippen molar-refractivity contribution in [2.75, 3.05) is 0 Å². The van der Waals surface area contributed by atoms with Crippen LogP contribution in [0.2, 0.25) is 0 Å². The highest BCUT2D eigenvalue weighted by molar-refractivity contribution is 7.87. The van der Waals surface area contributed by atoms with Crippen LogP contribution in [0.4, 0.5) is 13.2 Å². The number of ether oxygens (including phenoxy) is 2. The van der Waals surface area contributed by atoms with Crippen LogP contribution in [0.25, 0.3) is 10.9 Å². The summed E-state index contributed by atoms with van der Waals surface area (Å²) in [7, 11) is -5.90. The molecule has 1 aliphatic rings. The maximum atomic E-state index is 12.9. The van der Waals surface area contributed by atoms with Crippen molar-refractivity contribution in [3.8, 4) is 17.4 Å². The summed E-state index contributed by atoms with van der Waals surface area (Å²) >= 11 is 0. The van der Waals surface area contributed by atoms with Gasteiger partial charge in [0, 0.05) is 23.9 Å². The van der Waals surface area contributed by atoms with Crippen molar-refractivity contribution in [3.05, 3.63) is 59.2 Å². The first-order chi connectivity index (χ1) is 16.0. The molecule has 0 aliphatic heterocycles. The van der Waals surface area contributed by atoms with Gasteiger partial charge in [-0.2, -0.15) is 21.6 Å². The molecule has 0 amide bonds. The quantitative estimate of drug-likeness (QED) is 0.209. The Morgan fingerprint density at radius 3 is 2.35 bits per heavy atom. The molecule has 0 bridgehead atoms. The van der Waals surface area contributed by atoms with E-state index in [1.807, 2.05) is 30.3 Å². The lowest BCUT2D eigenvalue weighted by atomic mass is 9.89. The van der Waals surface area contributed by atoms with Gasteiger partial charge in [0.05, 0.1) is 5.52 Å². The molecule has 7 nitrogen and oxygen atoms in total. The summed E-state index contributed by atoms with van der Waals surface area (Å²) in [5, 5.41) is 0.561. The Balaban J connectivity index is 1.83. The van der Waals surface area contributed by atoms with E-state index in [0.29, 0.717) is 35.8 Å². The van der Waals surface area contributed by atoms with Gasteiger partial charge in [0.1, 0.15) is 6.61 Å². The highest BCUT2D eigenvalue weighted by atomic mass is 32.2. The second kappa shape index (κ2) is 9.13. The number of hydrogen-bond donors (Lipinski definition) is 0. The van der Waals surface area contributed by atoms with Crippen molar-refractivity contribution in [1.82, 2.24) is 4.98 Å². The summed E-state index contributed by atoms with van der Waals surface area (Å²) < 4.78 is 77.7. The van der Waals surface area contributed by atoms with E-state index in [1.54, 1.807) is 6.07 Å². The van der Waals surface area contributed by atoms with Gasteiger partial charge < -0.3 is 13.7 Å². The maximum Gasteiger partial charge on any atom is 0.534 e. The van der Waals surface area contributed by atoms with Gasteiger partial charge in [0.2, 0.25) is 5.88 Å². The Labute approximate surface area is 193 Å². The number of carbonyl (C=O) groups is 1. The molecule has 0 N–H and O–H groups in total. The van der Waals surface area contributed by atoms with Gasteiger partial charge in [-0.05, 0) is 42.9 Å². The van der Waals surface area contributed by atoms with Crippen LogP contribution in [0.15, 0.2) is 42.5 Å². The SMILES string of the molecule is CC(=O)Oc1cc2nc(OS(=O)(=O)C(F)(F)F)c3c(c2cc1OCc1ccccc1)CCCC3. The number of nitrogens with zero attached hydrogens (tertiary/aromatic N) is 1. The lowest BCUT2D eigenvalue weighted by molar-refractivity contribution is -0.132. The number of alkyl halides is 3. The van der Waals surface area contributed by atoms with E-state index in [-0.39, 0.29) is 23.6 Å². The van der Waals surface area contributed by atoms with E-state index in [0.717, 1.165) is 12.0 Å². The van der Waals surface area contributed by atoms with Crippen molar-refractivity contribution < 1.29 is 40.0 Å². The van der Waals surface area contributed by atoms with Crippen molar-refractivity contribution in [2.24, 2.45) is 0 Å². The fraction of sp³-hybridized carbons (Fsp3) is 0.304. The first-order valence-corrected chi connectivity index (χ1v) is 11.8. The number of halogens is 3. The van der Waals surface area contributed by atoms with Crippen molar-refractivity contribution in [2.45, 2.75) is 44.7 Å². The molecule has 1 aliphatic carbocycles. The second-order valence-corrected chi connectivity index (χ2v) is 9.29. The van der Waals surface area contributed by atoms with E-state index in [4.69, 9.17) is 9.47 Å². The largest absolute Gasteiger partial charge is 0.534 e. The molecule has 1 aromatic heterocycles. The summed E-state index contributed by atoms with van der Waals surface area (Å²) in [4.78, 5) is 15.7. The van der Waals surface area contributed by atoms with Gasteiger partial charge >= 0.3 is 21.6 Å². The minimum absolute atomic E-state index is 0.00354. The summed E-state index contributed by atoms with van der Waals surface area (Å²) in [5.41, 5.74) is -3.67. The number of esters is 1. The number of fused-ring (bicyclic) bond motifs is 3. The predicted molar refractivity (Wildman–Crippen MR) is 116 cm³/mol. The summed E-state index contributed by atoms with van der Waals surface area (Å²) in [5.74, 6) is -1.01. The number of hydrogen-bond acceptors (Lipinski definition) is 7. The number of rotatable bonds is 6. The normalized spacial score (nSPS) is 13.9. The molecular weight excluding hydrogens is 475 g/mol. The van der Waals surface area contributed by atoms with E-state index < -0.39 is 27.5 Å². The third kappa shape index (κ3) is 4.93. The van der Waals surface area contributed by atoms with Gasteiger partial charge in [-0.3, -0.25) is 4.79 Å². The molecule has 4 rings (SSSR count). The fourth-order valence-corrected chi connectivity index (χ4v) is 4.24. The number of aryl methyl sites for hydroxylation is 1. The number of carbonyl (C=O) groups excluding carboxylic acids is 1. The smallest absolute Gasteiger partial charge is 0.485 e. The Morgan fingerprint density at radius 1 is 1.03 bits per heavy atom. The van der Waals surface area contributed by atoms with Gasteiger partial charge in [0.15, 0.2) is 11.5 Å². The highest BCUT2D eigenvalue weighted by Gasteiger charge is 2.49. The Morgan fingerprint density at radius 2 is 1.71 bits per heavy atom. The van der Waals surface area contributed by atoms with Gasteiger partial charge in [-0.25, -0.2) is 4.98 Å². The topological polar surface area (TPSA) is 91.8 Å². The van der Waals surface area contributed by atoms with Crippen molar-refractivity contribution in [1.29, 1.82) is 0 Å². The number of aromatic nitrogens is 1. The van der Waals surface area contributed by atoms with Crippen LogP contribution in [0, 0.1) is 0 Å². The van der Waals surface area contributed by atoms with Crippen LogP contribution in [0.5, 0.6) is 17.4 Å². The minimum Gasteiger partial charge on any atom is -0.485 e. The molecule has 34 heavy (non-hydrogen) atoms. The van der Waals surface area contributed by atoms with E-state index in [9.17, 15) is 26.4 Å². The van der Waals surface area contributed by atoms with Crippen LogP contribution >= 0.6 is 0 Å². The summed E-state index contributed by atoms with van der Waals surface area (Å²) in [6, 6.07) is 12.2. The molecule has 0 unspecified atom stereocenters. The molecule has 0 saturated carbocycles. The predicted octanol–water partition coefficient (Wildman–Crippen LogP) is 4.85. The Kier molecular flexibility index (Phi) is 6.39. The molecule has 11 heteroatoms. The Bertz CT molecular complexity index is 1340. The first-order valence-electron chi connectivity index (χ1n) is 10.4. The highest BCUT2D eigenvalue weighted by Crippen LogP contribution is 2.40. The third-order valence-electron chi connectivity index (χ3n) is 5.30. The molecule has 0 atom stereocenters. The minimum atomic E-state index is -5.90. The van der Waals surface area contributed by atoms with Crippen LogP contribution in [0.3, 0.4) is 0 Å². The monoisotopic (exact) mass is 495 g/mol. The van der Waals surface area contributed by atoms with Crippen LogP contribution in [0.1, 0.15) is 36.5 Å². The maximum absolute atomic E-state index is 12.9. The van der Waals surface area contributed by atoms with Crippen LogP contribution in [-0.2, 0) is 34.4 Å². The first kappa shape index (κ1) is 23.8. The average Bonchev–Trinajstić information content (AvgIpc) is 2.77. The lowest BCUT2D eigenvalue weighted by Crippen LogP contribution is -2.29. The summed E-state index contributed by atoms with van der Waals surface area (Å²) in [6.45, 7) is 1.37. The molecule has 3 aromatic rings. The molecule has 0 fully saturated rings. The lowest BCUT2D eigenvalue weighted by Gasteiger charge is -2.22.